The van der Waals surface area contributed by atoms with Crippen molar-refractivity contribution in [2.45, 2.75) is 0 Å². The van der Waals surface area contributed by atoms with Gasteiger partial charge in [0.25, 0.3) is 0 Å². The van der Waals surface area contributed by atoms with Crippen molar-refractivity contribution >= 4 is 22.8 Å². The van der Waals surface area contributed by atoms with Gasteiger partial charge in [0.1, 0.15) is 0 Å². The predicted molar refractivity (Wildman–Crippen MR) is 111 cm³/mol. The van der Waals surface area contributed by atoms with Gasteiger partial charge in [-0.3, -0.25) is 0 Å². The van der Waals surface area contributed by atoms with E-state index in [1.165, 1.54) is 0 Å². The third kappa shape index (κ3) is 3.04. The second-order valence-corrected chi connectivity index (χ2v) is 6.81. The maximum Gasteiger partial charge on any atom is 0.0892 e. The van der Waals surface area contributed by atoms with Crippen molar-refractivity contribution in [1.82, 2.24) is 4.90 Å². The molecule has 5 nitrogen and oxygen atoms in total. The van der Waals surface area contributed by atoms with Gasteiger partial charge in [-0.15, -0.1) is 0 Å². The van der Waals surface area contributed by atoms with Crippen LogP contribution in [-0.2, 0) is 0 Å². The Morgan fingerprint density at radius 1 is 0.519 bits per heavy atom. The number of nitrogens with zero attached hydrogens (tertiary/aromatic N) is 5. The average molecular weight is 351 g/mol. The van der Waals surface area contributed by atoms with Crippen LogP contribution in [0.4, 0.5) is 0 Å². The monoisotopic (exact) mass is 351 g/mol. The van der Waals surface area contributed by atoms with Gasteiger partial charge in [0.15, 0.2) is 0 Å². The Kier molecular flexibility index (Phi) is 3.47. The van der Waals surface area contributed by atoms with E-state index in [1.54, 1.807) is 0 Å². The van der Waals surface area contributed by atoms with Crippen LogP contribution in [-0.4, -0.2) is 41.8 Å². The van der Waals surface area contributed by atoms with E-state index in [0.29, 0.717) is 0 Å². The maximum atomic E-state index is 4.77. The summed E-state index contributed by atoms with van der Waals surface area (Å²) in [6, 6.07) is 0. The Bertz CT molecular complexity index is 1120. The highest BCUT2D eigenvalue weighted by Crippen LogP contribution is 2.23. The highest BCUT2D eigenvalue weighted by atomic mass is 15.1. The molecule has 5 heterocycles. The molecule has 0 aromatic heterocycles. The summed E-state index contributed by atoms with van der Waals surface area (Å²) in [6.07, 6.45) is 22.0. The third-order valence-electron chi connectivity index (χ3n) is 4.50. The van der Waals surface area contributed by atoms with Crippen LogP contribution in [0.1, 0.15) is 0 Å². The van der Waals surface area contributed by atoms with Crippen LogP contribution < -0.4 is 0 Å². The van der Waals surface area contributed by atoms with Crippen molar-refractivity contribution < 1.29 is 0 Å². The first kappa shape index (κ1) is 15.6. The fourth-order valence-electron chi connectivity index (χ4n) is 3.24. The molecule has 0 amide bonds. The molecule has 0 aliphatic carbocycles. The topological polar surface area (TPSA) is 52.7 Å². The zero-order chi connectivity index (χ0) is 18.4. The zero-order valence-corrected chi connectivity index (χ0v) is 15.1. The summed E-state index contributed by atoms with van der Waals surface area (Å²) in [5.74, 6) is 0. The number of hydrogen-bond donors (Lipinski definition) is 0. The summed E-state index contributed by atoms with van der Waals surface area (Å²) in [7, 11) is 4.04. The molecular weight excluding hydrogens is 334 g/mol. The van der Waals surface area contributed by atoms with Crippen LogP contribution in [0, 0.1) is 0 Å². The van der Waals surface area contributed by atoms with Gasteiger partial charge in [-0.25, -0.2) is 20.0 Å². The zero-order valence-electron chi connectivity index (χ0n) is 15.1. The van der Waals surface area contributed by atoms with E-state index < -0.39 is 0 Å². The molecule has 0 unspecified atom stereocenters. The molecule has 5 rings (SSSR count). The molecule has 5 aliphatic rings. The number of allylic oxidation sites excluding steroid dienone is 11. The molecule has 0 fully saturated rings. The largest absolute Gasteiger partial charge is 0.376 e. The van der Waals surface area contributed by atoms with Gasteiger partial charge in [-0.2, -0.15) is 0 Å². The molecule has 8 bridgehead atoms. The second kappa shape index (κ2) is 5.99. The fourth-order valence-corrected chi connectivity index (χ4v) is 3.24. The highest BCUT2D eigenvalue weighted by molar-refractivity contribution is 6.16. The SMILES string of the molecule is CN(C)C1=CC2=CC3=NC(=CC4=NC(=CC5=NC(=CC1=N2)C=C5)C=C4)C=C3. The molecule has 0 spiro atoms. The van der Waals surface area contributed by atoms with Gasteiger partial charge >= 0.3 is 0 Å². The molecular formula is C22H17N5. The molecule has 0 saturated heterocycles. The van der Waals surface area contributed by atoms with Crippen LogP contribution in [0.15, 0.2) is 115 Å². The number of rotatable bonds is 1. The van der Waals surface area contributed by atoms with Crippen molar-refractivity contribution in [3.8, 4) is 0 Å². The minimum Gasteiger partial charge on any atom is -0.376 e. The normalized spacial score (nSPS) is 21.8. The van der Waals surface area contributed by atoms with Gasteiger partial charge in [0.2, 0.25) is 0 Å². The first-order chi connectivity index (χ1) is 13.1. The summed E-state index contributed by atoms with van der Waals surface area (Å²) >= 11 is 0. The van der Waals surface area contributed by atoms with Crippen molar-refractivity contribution in [3.63, 3.8) is 0 Å². The Labute approximate surface area is 157 Å². The molecule has 0 saturated carbocycles. The van der Waals surface area contributed by atoms with Crippen LogP contribution in [0.25, 0.3) is 0 Å². The van der Waals surface area contributed by atoms with Crippen molar-refractivity contribution in [2.24, 2.45) is 20.0 Å². The highest BCUT2D eigenvalue weighted by Gasteiger charge is 2.18. The molecule has 5 aliphatic heterocycles. The number of hydrogen-bond acceptors (Lipinski definition) is 5. The lowest BCUT2D eigenvalue weighted by atomic mass is 10.2. The molecule has 0 aromatic rings. The van der Waals surface area contributed by atoms with E-state index in [0.717, 1.165) is 51.3 Å². The van der Waals surface area contributed by atoms with Gasteiger partial charge < -0.3 is 4.90 Å². The van der Waals surface area contributed by atoms with Gasteiger partial charge in [0, 0.05) is 14.1 Å². The maximum absolute atomic E-state index is 4.77. The van der Waals surface area contributed by atoms with Crippen molar-refractivity contribution in [2.75, 3.05) is 14.1 Å². The summed E-state index contributed by atoms with van der Waals surface area (Å²) in [5, 5.41) is 0. The van der Waals surface area contributed by atoms with Crippen LogP contribution >= 0.6 is 0 Å². The van der Waals surface area contributed by atoms with E-state index >= 15 is 0 Å². The van der Waals surface area contributed by atoms with Gasteiger partial charge in [0.05, 0.1) is 51.3 Å². The van der Waals surface area contributed by atoms with Crippen LogP contribution in [0.5, 0.6) is 0 Å². The second-order valence-electron chi connectivity index (χ2n) is 6.81. The van der Waals surface area contributed by atoms with E-state index in [2.05, 4.69) is 26.0 Å². The first-order valence-electron chi connectivity index (χ1n) is 8.78. The molecule has 130 valence electrons. The smallest absolute Gasteiger partial charge is 0.0892 e. The Morgan fingerprint density at radius 2 is 1.00 bits per heavy atom. The quantitative estimate of drug-likeness (QED) is 0.714. The predicted octanol–water partition coefficient (Wildman–Crippen LogP) is 3.47. The Morgan fingerprint density at radius 3 is 1.52 bits per heavy atom. The third-order valence-corrected chi connectivity index (χ3v) is 4.50. The lowest BCUT2D eigenvalue weighted by Crippen LogP contribution is -2.16. The van der Waals surface area contributed by atoms with Gasteiger partial charge in [-0.05, 0) is 66.8 Å². The molecule has 27 heavy (non-hydrogen) atoms. The minimum atomic E-state index is 0.883. The first-order valence-corrected chi connectivity index (χ1v) is 8.78. The summed E-state index contributed by atoms with van der Waals surface area (Å²) < 4.78 is 0. The van der Waals surface area contributed by atoms with Crippen molar-refractivity contribution in [3.05, 3.63) is 95.3 Å². The fraction of sp³-hybridized carbons (Fsp3) is 0.0909. The minimum absolute atomic E-state index is 0.883. The Balaban J connectivity index is 1.66. The summed E-state index contributed by atoms with van der Waals surface area (Å²) in [6.45, 7) is 0. The lowest BCUT2D eigenvalue weighted by Gasteiger charge is -2.13. The molecule has 0 aromatic carbocycles. The van der Waals surface area contributed by atoms with E-state index in [4.69, 9.17) is 4.99 Å². The standard InChI is InChI=1S/C22H17N5/c1-27(2)22-13-20-11-18-6-5-16(24-18)9-14-3-4-15(23-14)10-17-7-8-19(25-17)12-21(22)26-20/h3-13H,1-2H3. The van der Waals surface area contributed by atoms with E-state index in [-0.39, 0.29) is 0 Å². The van der Waals surface area contributed by atoms with Crippen LogP contribution in [0.3, 0.4) is 0 Å². The van der Waals surface area contributed by atoms with E-state index in [1.807, 2.05) is 74.9 Å². The molecule has 0 radical (unpaired) electrons. The molecule has 0 N–H and O–H groups in total. The van der Waals surface area contributed by atoms with Crippen molar-refractivity contribution in [1.29, 1.82) is 0 Å². The molecule has 0 atom stereocenters. The summed E-state index contributed by atoms with van der Waals surface area (Å²) in [5.41, 5.74) is 8.15. The number of aliphatic imine (C=N–C) groups is 4. The summed E-state index contributed by atoms with van der Waals surface area (Å²) in [4.78, 5) is 20.8. The van der Waals surface area contributed by atoms with Crippen LogP contribution in [0.2, 0.25) is 0 Å². The van der Waals surface area contributed by atoms with Gasteiger partial charge in [-0.1, -0.05) is 0 Å². The lowest BCUT2D eigenvalue weighted by molar-refractivity contribution is 0.541. The average Bonchev–Trinajstić information content (AvgIpc) is 3.38. The number of fused-ring (bicyclic) bond motifs is 4. The molecule has 5 heteroatoms. The Hall–Kier alpha value is -3.60. The van der Waals surface area contributed by atoms with E-state index in [9.17, 15) is 0 Å².